The highest BCUT2D eigenvalue weighted by Crippen LogP contribution is 2.62. The molecule has 0 spiro atoms. The van der Waals surface area contributed by atoms with Gasteiger partial charge in [-0.15, -0.1) is 0 Å². The first kappa shape index (κ1) is 16.0. The molecule has 1 saturated carbocycles. The largest absolute Gasteiger partial charge is 0.465 e. The first-order chi connectivity index (χ1) is 10.5. The zero-order valence-corrected chi connectivity index (χ0v) is 13.9. The van der Waals surface area contributed by atoms with Crippen LogP contribution < -0.4 is 0 Å². The minimum Gasteiger partial charge on any atom is -0.465 e. The zero-order chi connectivity index (χ0) is 15.8. The molecule has 1 saturated heterocycles. The average Bonchev–Trinajstić information content (AvgIpc) is 2.66. The van der Waals surface area contributed by atoms with Crippen LogP contribution in [-0.4, -0.2) is 47.8 Å². The van der Waals surface area contributed by atoms with Crippen molar-refractivity contribution < 1.29 is 14.6 Å². The van der Waals surface area contributed by atoms with Gasteiger partial charge >= 0.3 is 5.97 Å². The number of hydrogen-bond donors (Lipinski definition) is 1. The number of allylic oxidation sites excluding steroid dienone is 1. The lowest BCUT2D eigenvalue weighted by molar-refractivity contribution is -0.250. The molecule has 0 aromatic rings. The number of rotatable bonds is 3. The molecule has 1 heterocycles. The van der Waals surface area contributed by atoms with Gasteiger partial charge in [-0.05, 0) is 45.6 Å². The van der Waals surface area contributed by atoms with Gasteiger partial charge in [-0.2, -0.15) is 0 Å². The quantitative estimate of drug-likeness (QED) is 0.643. The third-order valence-electron chi connectivity index (χ3n) is 6.43. The molecule has 0 radical (unpaired) electrons. The zero-order valence-electron chi connectivity index (χ0n) is 13.9. The van der Waals surface area contributed by atoms with Crippen LogP contribution in [0, 0.1) is 10.8 Å². The van der Waals surface area contributed by atoms with Crippen LogP contribution >= 0.6 is 0 Å². The highest BCUT2D eigenvalue weighted by molar-refractivity contribution is 5.80. The Kier molecular flexibility index (Phi) is 4.11. The fourth-order valence-electron chi connectivity index (χ4n) is 5.32. The molecular formula is C18H29NO3. The number of hydrogen-bond acceptors (Lipinski definition) is 4. The van der Waals surface area contributed by atoms with Crippen molar-refractivity contribution in [3.05, 3.63) is 12.2 Å². The number of likely N-dealkylation sites (tertiary alicyclic amines) is 1. The summed E-state index contributed by atoms with van der Waals surface area (Å²) >= 11 is 0. The number of carbonyl (C=O) groups is 1. The van der Waals surface area contributed by atoms with Crippen molar-refractivity contribution in [3.8, 4) is 0 Å². The Morgan fingerprint density at radius 2 is 2.05 bits per heavy atom. The molecule has 1 N–H and O–H groups in total. The Morgan fingerprint density at radius 3 is 2.77 bits per heavy atom. The predicted octanol–water partition coefficient (Wildman–Crippen LogP) is 2.51. The molecule has 2 aliphatic carbocycles. The van der Waals surface area contributed by atoms with Gasteiger partial charge in [0.05, 0.1) is 12.2 Å². The van der Waals surface area contributed by atoms with Crippen molar-refractivity contribution in [1.82, 2.24) is 4.90 Å². The normalized spacial score (nSPS) is 41.6. The predicted molar refractivity (Wildman–Crippen MR) is 85.4 cm³/mol. The smallest absolute Gasteiger partial charge is 0.316 e. The van der Waals surface area contributed by atoms with Crippen LogP contribution in [0.25, 0.3) is 0 Å². The van der Waals surface area contributed by atoms with E-state index in [2.05, 4.69) is 24.0 Å². The summed E-state index contributed by atoms with van der Waals surface area (Å²) < 4.78 is 5.45. The van der Waals surface area contributed by atoms with E-state index in [1.807, 2.05) is 6.92 Å². The van der Waals surface area contributed by atoms with E-state index in [9.17, 15) is 9.90 Å². The van der Waals surface area contributed by atoms with Gasteiger partial charge in [0.1, 0.15) is 5.41 Å². The Labute approximate surface area is 133 Å². The monoisotopic (exact) mass is 307 g/mol. The molecule has 1 aliphatic heterocycles. The van der Waals surface area contributed by atoms with Crippen LogP contribution in [-0.2, 0) is 9.53 Å². The molecule has 3 rings (SSSR count). The van der Waals surface area contributed by atoms with Gasteiger partial charge in [0.25, 0.3) is 0 Å². The van der Waals surface area contributed by atoms with Crippen LogP contribution in [0.1, 0.15) is 52.4 Å². The maximum absolute atomic E-state index is 12.9. The lowest BCUT2D eigenvalue weighted by atomic mass is 9.47. The molecule has 3 atom stereocenters. The van der Waals surface area contributed by atoms with Crippen molar-refractivity contribution in [1.29, 1.82) is 0 Å². The molecular weight excluding hydrogens is 278 g/mol. The van der Waals surface area contributed by atoms with Gasteiger partial charge in [0.15, 0.2) is 0 Å². The molecule has 124 valence electrons. The van der Waals surface area contributed by atoms with Gasteiger partial charge in [0.2, 0.25) is 0 Å². The Bertz CT molecular complexity index is 477. The number of piperidine rings is 1. The van der Waals surface area contributed by atoms with E-state index in [4.69, 9.17) is 4.74 Å². The number of ether oxygens (including phenoxy) is 1. The maximum atomic E-state index is 12.9. The lowest BCUT2D eigenvalue weighted by Gasteiger charge is -2.64. The van der Waals surface area contributed by atoms with Crippen LogP contribution in [0.2, 0.25) is 0 Å². The van der Waals surface area contributed by atoms with Crippen molar-refractivity contribution >= 4 is 5.97 Å². The minimum atomic E-state index is -0.955. The lowest BCUT2D eigenvalue weighted by Crippen LogP contribution is -2.74. The van der Waals surface area contributed by atoms with Crippen molar-refractivity contribution in [2.24, 2.45) is 10.8 Å². The van der Waals surface area contributed by atoms with Crippen LogP contribution in [0.4, 0.5) is 0 Å². The summed E-state index contributed by atoms with van der Waals surface area (Å²) in [5, 5.41) is 11.8. The summed E-state index contributed by atoms with van der Waals surface area (Å²) in [6.45, 7) is 6.84. The molecule has 4 nitrogen and oxygen atoms in total. The van der Waals surface area contributed by atoms with Gasteiger partial charge in [-0.1, -0.05) is 25.5 Å². The number of carbonyl (C=O) groups excluding carboxylic acids is 1. The van der Waals surface area contributed by atoms with Crippen molar-refractivity contribution in [2.45, 2.75) is 58.0 Å². The average molecular weight is 307 g/mol. The second-order valence-electron chi connectivity index (χ2n) is 7.31. The standard InChI is InChI=1S/C18H29NO3/c1-3-19-13-16-9-6-5-7-12-18(16,21)17(14-19,11-8-10-16)15(20)22-4-2/h5,7,21H,3-4,6,8-14H2,1-2H3/t16-,17+,18+/m0/s1. The molecule has 0 amide bonds. The molecule has 0 aromatic heterocycles. The first-order valence-corrected chi connectivity index (χ1v) is 8.80. The summed E-state index contributed by atoms with van der Waals surface area (Å²) in [7, 11) is 0. The highest BCUT2D eigenvalue weighted by Gasteiger charge is 2.70. The molecule has 3 aliphatic rings. The van der Waals surface area contributed by atoms with E-state index in [-0.39, 0.29) is 11.4 Å². The molecule has 2 fully saturated rings. The van der Waals surface area contributed by atoms with E-state index in [1.165, 1.54) is 0 Å². The third kappa shape index (κ3) is 2.00. The van der Waals surface area contributed by atoms with E-state index in [1.54, 1.807) is 0 Å². The number of esters is 1. The summed E-state index contributed by atoms with van der Waals surface area (Å²) in [4.78, 5) is 15.3. The van der Waals surface area contributed by atoms with Crippen LogP contribution in [0.3, 0.4) is 0 Å². The summed E-state index contributed by atoms with van der Waals surface area (Å²) in [6, 6.07) is 0. The number of aliphatic hydroxyl groups is 1. The molecule has 4 heteroatoms. The fourth-order valence-corrected chi connectivity index (χ4v) is 5.32. The van der Waals surface area contributed by atoms with Crippen molar-refractivity contribution in [2.75, 3.05) is 26.2 Å². The number of nitrogens with zero attached hydrogens (tertiary/aromatic N) is 1. The van der Waals surface area contributed by atoms with Gasteiger partial charge in [-0.3, -0.25) is 4.79 Å². The molecule has 2 bridgehead atoms. The SMILES string of the molecule is CCOC(=O)[C@]12CCC[C@@]3(CCC=CC[C@@]31O)CN(CC)C2. The van der Waals surface area contributed by atoms with E-state index >= 15 is 0 Å². The molecule has 0 aromatic carbocycles. The summed E-state index contributed by atoms with van der Waals surface area (Å²) in [6.07, 6.45) is 9.59. The van der Waals surface area contributed by atoms with E-state index in [0.29, 0.717) is 19.6 Å². The second-order valence-corrected chi connectivity index (χ2v) is 7.31. The fraction of sp³-hybridized carbons (Fsp3) is 0.833. The van der Waals surface area contributed by atoms with Crippen LogP contribution in [0.5, 0.6) is 0 Å². The first-order valence-electron chi connectivity index (χ1n) is 8.80. The Morgan fingerprint density at radius 1 is 1.23 bits per heavy atom. The molecule has 0 unspecified atom stereocenters. The minimum absolute atomic E-state index is 0.171. The molecule has 22 heavy (non-hydrogen) atoms. The van der Waals surface area contributed by atoms with Gasteiger partial charge < -0.3 is 14.7 Å². The van der Waals surface area contributed by atoms with E-state index in [0.717, 1.165) is 45.2 Å². The Hall–Kier alpha value is -0.870. The summed E-state index contributed by atoms with van der Waals surface area (Å²) in [5.74, 6) is -0.185. The summed E-state index contributed by atoms with van der Waals surface area (Å²) in [5.41, 5.74) is -1.89. The van der Waals surface area contributed by atoms with Crippen LogP contribution in [0.15, 0.2) is 12.2 Å². The maximum Gasteiger partial charge on any atom is 0.316 e. The topological polar surface area (TPSA) is 49.8 Å². The third-order valence-corrected chi connectivity index (χ3v) is 6.43. The Balaban J connectivity index is 2.10. The van der Waals surface area contributed by atoms with E-state index < -0.39 is 11.0 Å². The van der Waals surface area contributed by atoms with Gasteiger partial charge in [-0.25, -0.2) is 0 Å². The second kappa shape index (κ2) is 5.64. The highest BCUT2D eigenvalue weighted by atomic mass is 16.5. The van der Waals surface area contributed by atoms with Gasteiger partial charge in [0, 0.05) is 18.5 Å². The van der Waals surface area contributed by atoms with Crippen molar-refractivity contribution in [3.63, 3.8) is 0 Å².